The molecule has 0 bridgehead atoms. The second-order valence-electron chi connectivity index (χ2n) is 8.68. The van der Waals surface area contributed by atoms with Crippen LogP contribution in [-0.4, -0.2) is 52.5 Å². The zero-order valence-electron chi connectivity index (χ0n) is 19.4. The molecule has 7 heteroatoms. The van der Waals surface area contributed by atoms with Crippen molar-refractivity contribution in [1.29, 1.82) is 0 Å². The summed E-state index contributed by atoms with van der Waals surface area (Å²) in [6, 6.07) is 23.9. The molecule has 1 N–H and O–H groups in total. The molecule has 174 valence electrons. The number of amides is 1. The van der Waals surface area contributed by atoms with Crippen LogP contribution in [-0.2, 0) is 6.54 Å². The van der Waals surface area contributed by atoms with Gasteiger partial charge in [-0.1, -0.05) is 41.6 Å². The minimum atomic E-state index is -0.0650. The van der Waals surface area contributed by atoms with Gasteiger partial charge < -0.3 is 10.1 Å². The molecule has 1 aliphatic heterocycles. The Hall–Kier alpha value is -3.71. The Morgan fingerprint density at radius 3 is 2.62 bits per heavy atom. The molecule has 0 saturated carbocycles. The Morgan fingerprint density at radius 1 is 1.03 bits per heavy atom. The number of hydrogen-bond donors (Lipinski definition) is 1. The number of rotatable bonds is 8. The van der Waals surface area contributed by atoms with E-state index >= 15 is 0 Å². The number of nitrogens with zero attached hydrogens (tertiary/aromatic N) is 4. The number of nitrogens with one attached hydrogen (secondary N) is 1. The van der Waals surface area contributed by atoms with Crippen LogP contribution in [0.5, 0.6) is 5.75 Å². The predicted molar refractivity (Wildman–Crippen MR) is 132 cm³/mol. The van der Waals surface area contributed by atoms with E-state index in [0.29, 0.717) is 18.7 Å². The van der Waals surface area contributed by atoms with Gasteiger partial charge in [0.05, 0.1) is 25.2 Å². The van der Waals surface area contributed by atoms with Crippen LogP contribution < -0.4 is 10.1 Å². The van der Waals surface area contributed by atoms with Crippen LogP contribution in [0.15, 0.2) is 72.8 Å². The van der Waals surface area contributed by atoms with E-state index in [-0.39, 0.29) is 11.9 Å². The molecule has 4 aromatic rings. The molecule has 1 aromatic heterocycles. The van der Waals surface area contributed by atoms with Crippen LogP contribution >= 0.6 is 0 Å². The Labute approximate surface area is 199 Å². The van der Waals surface area contributed by atoms with Crippen LogP contribution in [0.4, 0.5) is 0 Å². The maximum atomic E-state index is 12.9. The lowest BCUT2D eigenvalue weighted by Crippen LogP contribution is -2.36. The van der Waals surface area contributed by atoms with Crippen LogP contribution in [0, 0.1) is 0 Å². The van der Waals surface area contributed by atoms with Crippen LogP contribution in [0.25, 0.3) is 11.0 Å². The molecule has 2 heterocycles. The first kappa shape index (κ1) is 22.1. The summed E-state index contributed by atoms with van der Waals surface area (Å²) in [7, 11) is 1.68. The molecule has 0 radical (unpaired) electrons. The van der Waals surface area contributed by atoms with Crippen LogP contribution in [0.1, 0.15) is 40.4 Å². The summed E-state index contributed by atoms with van der Waals surface area (Å²) in [5.74, 6) is 0.772. The molecule has 0 aliphatic carbocycles. The third-order valence-corrected chi connectivity index (χ3v) is 6.48. The number of methoxy groups -OCH3 is 1. The van der Waals surface area contributed by atoms with Crippen molar-refractivity contribution < 1.29 is 9.53 Å². The highest BCUT2D eigenvalue weighted by Crippen LogP contribution is 2.27. The molecule has 34 heavy (non-hydrogen) atoms. The number of fused-ring (bicyclic) bond motifs is 1. The standard InChI is InChI=1S/C27H29N5O2/c1-34-23-8-6-7-22(17-23)26(31-15-4-5-16-31)18-28-27(33)21-13-11-20(12-14-21)19-32-25-10-3-2-9-24(25)29-30-32/h2-3,6-14,17,26H,4-5,15-16,18-19H2,1H3,(H,28,33). The molecule has 1 unspecified atom stereocenters. The first-order valence-electron chi connectivity index (χ1n) is 11.7. The predicted octanol–water partition coefficient (Wildman–Crippen LogP) is 4.06. The molecule has 3 aromatic carbocycles. The lowest BCUT2D eigenvalue weighted by atomic mass is 10.0. The molecule has 1 aliphatic rings. The van der Waals surface area contributed by atoms with E-state index in [4.69, 9.17) is 4.74 Å². The molecule has 7 nitrogen and oxygen atoms in total. The van der Waals surface area contributed by atoms with Gasteiger partial charge in [-0.05, 0) is 73.5 Å². The van der Waals surface area contributed by atoms with E-state index < -0.39 is 0 Å². The Morgan fingerprint density at radius 2 is 1.82 bits per heavy atom. The van der Waals surface area contributed by atoms with Gasteiger partial charge in [-0.2, -0.15) is 0 Å². The maximum absolute atomic E-state index is 12.9. The number of para-hydroxylation sites is 1. The number of benzene rings is 3. The molecule has 1 fully saturated rings. The molecular formula is C27H29N5O2. The summed E-state index contributed by atoms with van der Waals surface area (Å²) < 4.78 is 7.29. The lowest BCUT2D eigenvalue weighted by molar-refractivity contribution is 0.0938. The van der Waals surface area contributed by atoms with Crippen molar-refractivity contribution in [1.82, 2.24) is 25.2 Å². The first-order valence-corrected chi connectivity index (χ1v) is 11.7. The van der Waals surface area contributed by atoms with E-state index in [1.54, 1.807) is 7.11 Å². The van der Waals surface area contributed by atoms with E-state index in [1.165, 1.54) is 12.8 Å². The average molecular weight is 456 g/mol. The van der Waals surface area contributed by atoms with E-state index in [0.717, 1.165) is 41.0 Å². The zero-order valence-corrected chi connectivity index (χ0v) is 19.4. The third kappa shape index (κ3) is 4.79. The minimum Gasteiger partial charge on any atom is -0.497 e. The summed E-state index contributed by atoms with van der Waals surface area (Å²) in [6.07, 6.45) is 2.38. The Kier molecular flexibility index (Phi) is 6.53. The van der Waals surface area contributed by atoms with E-state index in [1.807, 2.05) is 65.3 Å². The summed E-state index contributed by atoms with van der Waals surface area (Å²) in [5.41, 5.74) is 4.76. The van der Waals surface area contributed by atoms with Crippen LogP contribution in [0.3, 0.4) is 0 Å². The summed E-state index contributed by atoms with van der Waals surface area (Å²) >= 11 is 0. The quantitative estimate of drug-likeness (QED) is 0.434. The second kappa shape index (κ2) is 10.1. The van der Waals surface area contributed by atoms with Gasteiger partial charge >= 0.3 is 0 Å². The normalized spacial score (nSPS) is 14.9. The second-order valence-corrected chi connectivity index (χ2v) is 8.68. The fraction of sp³-hybridized carbons (Fsp3) is 0.296. The van der Waals surface area contributed by atoms with E-state index in [2.05, 4.69) is 32.7 Å². The van der Waals surface area contributed by atoms with Gasteiger partial charge in [-0.15, -0.1) is 5.10 Å². The van der Waals surface area contributed by atoms with Crippen molar-refractivity contribution in [2.45, 2.75) is 25.4 Å². The Bertz CT molecular complexity index is 1260. The van der Waals surface area contributed by atoms with Gasteiger partial charge in [0.25, 0.3) is 5.91 Å². The fourth-order valence-corrected chi connectivity index (χ4v) is 4.62. The highest BCUT2D eigenvalue weighted by molar-refractivity contribution is 5.94. The maximum Gasteiger partial charge on any atom is 0.251 e. The number of carbonyl (C=O) groups excluding carboxylic acids is 1. The van der Waals surface area contributed by atoms with Gasteiger partial charge in [-0.3, -0.25) is 9.69 Å². The Balaban J connectivity index is 1.25. The number of hydrogen-bond acceptors (Lipinski definition) is 5. The van der Waals surface area contributed by atoms with Gasteiger partial charge in [-0.25, -0.2) is 4.68 Å². The third-order valence-electron chi connectivity index (χ3n) is 6.48. The van der Waals surface area contributed by atoms with Crippen molar-refractivity contribution in [2.24, 2.45) is 0 Å². The van der Waals surface area contributed by atoms with Gasteiger partial charge in [0.2, 0.25) is 0 Å². The summed E-state index contributed by atoms with van der Waals surface area (Å²) in [4.78, 5) is 15.4. The molecule has 0 spiro atoms. The monoisotopic (exact) mass is 455 g/mol. The van der Waals surface area contributed by atoms with Crippen molar-refractivity contribution in [3.8, 4) is 5.75 Å². The highest BCUT2D eigenvalue weighted by Gasteiger charge is 2.24. The first-order chi connectivity index (χ1) is 16.7. The molecule has 5 rings (SSSR count). The van der Waals surface area contributed by atoms with Crippen molar-refractivity contribution >= 4 is 16.9 Å². The average Bonchev–Trinajstić information content (AvgIpc) is 3.56. The smallest absolute Gasteiger partial charge is 0.251 e. The van der Waals surface area contributed by atoms with Crippen molar-refractivity contribution in [3.05, 3.63) is 89.5 Å². The molecule has 1 atom stereocenters. The summed E-state index contributed by atoms with van der Waals surface area (Å²) in [5, 5.41) is 11.6. The molecular weight excluding hydrogens is 426 g/mol. The number of ether oxygens (including phenoxy) is 1. The number of carbonyl (C=O) groups is 1. The highest BCUT2D eigenvalue weighted by atomic mass is 16.5. The number of aromatic nitrogens is 3. The molecule has 1 saturated heterocycles. The topological polar surface area (TPSA) is 72.3 Å². The van der Waals surface area contributed by atoms with Gasteiger partial charge in [0.15, 0.2) is 0 Å². The zero-order chi connectivity index (χ0) is 23.3. The minimum absolute atomic E-state index is 0.0650. The largest absolute Gasteiger partial charge is 0.497 e. The fourth-order valence-electron chi connectivity index (χ4n) is 4.62. The molecule has 1 amide bonds. The lowest BCUT2D eigenvalue weighted by Gasteiger charge is -2.28. The van der Waals surface area contributed by atoms with Crippen LogP contribution in [0.2, 0.25) is 0 Å². The van der Waals surface area contributed by atoms with Gasteiger partial charge in [0, 0.05) is 12.1 Å². The van der Waals surface area contributed by atoms with Crippen molar-refractivity contribution in [3.63, 3.8) is 0 Å². The van der Waals surface area contributed by atoms with Crippen molar-refractivity contribution in [2.75, 3.05) is 26.7 Å². The summed E-state index contributed by atoms with van der Waals surface area (Å²) in [6.45, 7) is 3.25. The SMILES string of the molecule is COc1cccc(C(CNC(=O)c2ccc(Cn3nnc4ccccc43)cc2)N2CCCC2)c1. The number of likely N-dealkylation sites (tertiary alicyclic amines) is 1. The van der Waals surface area contributed by atoms with Gasteiger partial charge in [0.1, 0.15) is 11.3 Å². The van der Waals surface area contributed by atoms with E-state index in [9.17, 15) is 4.79 Å².